The minimum Gasteiger partial charge on any atom is -0.480 e. The molecule has 0 bridgehead atoms. The second-order valence-electron chi connectivity index (χ2n) is 4.70. The largest absolute Gasteiger partial charge is 0.480 e. The average molecular weight is 233 g/mol. The van der Waals surface area contributed by atoms with Crippen LogP contribution in [-0.4, -0.2) is 23.7 Å². The van der Waals surface area contributed by atoms with Crippen LogP contribution in [0.1, 0.15) is 24.8 Å². The second-order valence-corrected chi connectivity index (χ2v) is 4.70. The summed E-state index contributed by atoms with van der Waals surface area (Å²) in [6, 6.07) is 9.92. The number of nitrogens with one attached hydrogen (secondary N) is 1. The van der Waals surface area contributed by atoms with Gasteiger partial charge < -0.3 is 10.4 Å². The van der Waals surface area contributed by atoms with Crippen molar-refractivity contribution in [3.8, 4) is 0 Å². The molecule has 1 saturated heterocycles. The molecule has 0 saturated carbocycles. The quantitative estimate of drug-likeness (QED) is 0.837. The van der Waals surface area contributed by atoms with Crippen LogP contribution in [0.15, 0.2) is 30.3 Å². The molecule has 2 atom stereocenters. The van der Waals surface area contributed by atoms with Crippen LogP contribution in [-0.2, 0) is 11.2 Å². The molecule has 2 N–H and O–H groups in total. The molecular formula is C14H19NO2. The highest BCUT2D eigenvalue weighted by Crippen LogP contribution is 2.22. The van der Waals surface area contributed by atoms with Crippen molar-refractivity contribution in [3.63, 3.8) is 0 Å². The first-order valence-electron chi connectivity index (χ1n) is 6.27. The normalized spacial score (nSPS) is 24.5. The fraction of sp³-hybridized carbons (Fsp3) is 0.500. The van der Waals surface area contributed by atoms with E-state index in [4.69, 9.17) is 5.11 Å². The number of piperidine rings is 1. The molecule has 1 heterocycles. The SMILES string of the molecule is O=C(O)[C@@H]1NCCC[C@H]1CCc1ccccc1. The summed E-state index contributed by atoms with van der Waals surface area (Å²) in [6.07, 6.45) is 4.03. The second kappa shape index (κ2) is 5.82. The van der Waals surface area contributed by atoms with Crippen LogP contribution in [0.5, 0.6) is 0 Å². The molecule has 92 valence electrons. The van der Waals surface area contributed by atoms with Gasteiger partial charge in [-0.1, -0.05) is 30.3 Å². The van der Waals surface area contributed by atoms with Crippen LogP contribution in [0, 0.1) is 5.92 Å². The van der Waals surface area contributed by atoms with E-state index in [0.717, 1.165) is 32.2 Å². The molecule has 0 aliphatic carbocycles. The minimum atomic E-state index is -0.706. The molecule has 0 amide bonds. The van der Waals surface area contributed by atoms with Crippen molar-refractivity contribution in [1.29, 1.82) is 0 Å². The highest BCUT2D eigenvalue weighted by molar-refractivity contribution is 5.74. The Morgan fingerprint density at radius 2 is 2.12 bits per heavy atom. The zero-order valence-corrected chi connectivity index (χ0v) is 9.93. The standard InChI is InChI=1S/C14H19NO2/c16-14(17)13-12(7-4-10-15-13)9-8-11-5-2-1-3-6-11/h1-3,5-6,12-13,15H,4,7-10H2,(H,16,17)/t12-,13+/m0/s1. The lowest BCUT2D eigenvalue weighted by atomic mass is 9.86. The minimum absolute atomic E-state index is 0.265. The molecular weight excluding hydrogens is 214 g/mol. The number of hydrogen-bond acceptors (Lipinski definition) is 2. The Balaban J connectivity index is 1.90. The van der Waals surface area contributed by atoms with Crippen LogP contribution in [0.2, 0.25) is 0 Å². The number of rotatable bonds is 4. The third kappa shape index (κ3) is 3.30. The van der Waals surface area contributed by atoms with E-state index in [1.165, 1.54) is 5.56 Å². The summed E-state index contributed by atoms with van der Waals surface area (Å²) in [7, 11) is 0. The van der Waals surface area contributed by atoms with Gasteiger partial charge in [0.2, 0.25) is 0 Å². The van der Waals surface area contributed by atoms with Crippen LogP contribution >= 0.6 is 0 Å². The van der Waals surface area contributed by atoms with Gasteiger partial charge in [-0.15, -0.1) is 0 Å². The first-order chi connectivity index (χ1) is 8.27. The Morgan fingerprint density at radius 3 is 2.82 bits per heavy atom. The molecule has 17 heavy (non-hydrogen) atoms. The molecule has 1 aromatic carbocycles. The summed E-state index contributed by atoms with van der Waals surface area (Å²) >= 11 is 0. The predicted molar refractivity (Wildman–Crippen MR) is 66.9 cm³/mol. The number of carboxylic acid groups (broad SMARTS) is 1. The number of carboxylic acids is 1. The third-order valence-corrected chi connectivity index (χ3v) is 3.50. The van der Waals surface area contributed by atoms with Gasteiger partial charge in [0.15, 0.2) is 0 Å². The van der Waals surface area contributed by atoms with Gasteiger partial charge in [-0.2, -0.15) is 0 Å². The zero-order chi connectivity index (χ0) is 12.1. The summed E-state index contributed by atoms with van der Waals surface area (Å²) in [5.41, 5.74) is 1.29. The first kappa shape index (κ1) is 12.1. The number of aliphatic carboxylic acids is 1. The predicted octanol–water partition coefficient (Wildman–Crippen LogP) is 2.07. The number of carbonyl (C=O) groups is 1. The molecule has 3 heteroatoms. The van der Waals surface area contributed by atoms with Crippen molar-refractivity contribution >= 4 is 5.97 Å². The average Bonchev–Trinajstić information content (AvgIpc) is 2.38. The molecule has 3 nitrogen and oxygen atoms in total. The van der Waals surface area contributed by atoms with E-state index >= 15 is 0 Å². The Morgan fingerprint density at radius 1 is 1.35 bits per heavy atom. The van der Waals surface area contributed by atoms with Crippen molar-refractivity contribution in [3.05, 3.63) is 35.9 Å². The number of aryl methyl sites for hydroxylation is 1. The molecule has 1 fully saturated rings. The fourth-order valence-electron chi connectivity index (χ4n) is 2.55. The molecule has 0 radical (unpaired) electrons. The zero-order valence-electron chi connectivity index (χ0n) is 9.93. The maximum Gasteiger partial charge on any atom is 0.320 e. The Hall–Kier alpha value is -1.35. The summed E-state index contributed by atoms with van der Waals surface area (Å²) in [5.74, 6) is -0.441. The van der Waals surface area contributed by atoms with Gasteiger partial charge in [-0.05, 0) is 43.7 Å². The van der Waals surface area contributed by atoms with Crippen LogP contribution in [0.4, 0.5) is 0 Å². The van der Waals surface area contributed by atoms with Crippen molar-refractivity contribution in [2.75, 3.05) is 6.54 Å². The molecule has 1 aromatic rings. The van der Waals surface area contributed by atoms with Crippen LogP contribution in [0.25, 0.3) is 0 Å². The third-order valence-electron chi connectivity index (χ3n) is 3.50. The summed E-state index contributed by atoms with van der Waals surface area (Å²) in [6.45, 7) is 0.832. The van der Waals surface area contributed by atoms with Crippen molar-refractivity contribution in [1.82, 2.24) is 5.32 Å². The van der Waals surface area contributed by atoms with Gasteiger partial charge >= 0.3 is 5.97 Å². The molecule has 1 aliphatic rings. The van der Waals surface area contributed by atoms with Crippen molar-refractivity contribution in [2.24, 2.45) is 5.92 Å². The Bertz CT molecular complexity index is 364. The Kier molecular flexibility index (Phi) is 4.15. The van der Waals surface area contributed by atoms with Gasteiger partial charge in [-0.25, -0.2) is 0 Å². The van der Waals surface area contributed by atoms with E-state index in [0.29, 0.717) is 0 Å². The van der Waals surface area contributed by atoms with E-state index in [2.05, 4.69) is 17.4 Å². The number of hydrogen-bond donors (Lipinski definition) is 2. The maximum atomic E-state index is 11.1. The van der Waals surface area contributed by atoms with Crippen LogP contribution in [0.3, 0.4) is 0 Å². The van der Waals surface area contributed by atoms with E-state index < -0.39 is 5.97 Å². The summed E-state index contributed by atoms with van der Waals surface area (Å²) < 4.78 is 0. The first-order valence-corrected chi connectivity index (χ1v) is 6.27. The molecule has 0 unspecified atom stereocenters. The van der Waals surface area contributed by atoms with E-state index in [1.807, 2.05) is 18.2 Å². The van der Waals surface area contributed by atoms with Crippen molar-refractivity contribution < 1.29 is 9.90 Å². The smallest absolute Gasteiger partial charge is 0.320 e. The van der Waals surface area contributed by atoms with E-state index in [9.17, 15) is 4.79 Å². The monoisotopic (exact) mass is 233 g/mol. The van der Waals surface area contributed by atoms with Gasteiger partial charge in [0.25, 0.3) is 0 Å². The molecule has 0 spiro atoms. The molecule has 2 rings (SSSR count). The number of benzene rings is 1. The molecule has 0 aromatic heterocycles. The summed E-state index contributed by atoms with van der Waals surface area (Å²) in [5, 5.41) is 12.2. The van der Waals surface area contributed by atoms with Crippen LogP contribution < -0.4 is 5.32 Å². The highest BCUT2D eigenvalue weighted by Gasteiger charge is 2.29. The van der Waals surface area contributed by atoms with Gasteiger partial charge in [0, 0.05) is 0 Å². The Labute approximate surface area is 102 Å². The fourth-order valence-corrected chi connectivity index (χ4v) is 2.55. The highest BCUT2D eigenvalue weighted by atomic mass is 16.4. The van der Waals surface area contributed by atoms with Gasteiger partial charge in [-0.3, -0.25) is 4.79 Å². The van der Waals surface area contributed by atoms with E-state index in [-0.39, 0.29) is 12.0 Å². The van der Waals surface area contributed by atoms with Gasteiger partial charge in [0.05, 0.1) is 0 Å². The summed E-state index contributed by atoms with van der Waals surface area (Å²) in [4.78, 5) is 11.1. The lowest BCUT2D eigenvalue weighted by Gasteiger charge is -2.29. The molecule has 1 aliphatic heterocycles. The maximum absolute atomic E-state index is 11.1. The van der Waals surface area contributed by atoms with Gasteiger partial charge in [0.1, 0.15) is 6.04 Å². The lowest BCUT2D eigenvalue weighted by molar-refractivity contribution is -0.141. The lowest BCUT2D eigenvalue weighted by Crippen LogP contribution is -2.46. The van der Waals surface area contributed by atoms with Crippen molar-refractivity contribution in [2.45, 2.75) is 31.7 Å². The van der Waals surface area contributed by atoms with E-state index in [1.54, 1.807) is 0 Å². The topological polar surface area (TPSA) is 49.3 Å².